The van der Waals surface area contributed by atoms with E-state index >= 15 is 0 Å². The summed E-state index contributed by atoms with van der Waals surface area (Å²) >= 11 is 0. The molecule has 6 heteroatoms. The van der Waals surface area contributed by atoms with E-state index in [-0.39, 0.29) is 35.5 Å². The molecule has 2 fully saturated rings. The van der Waals surface area contributed by atoms with Crippen LogP contribution in [0.25, 0.3) is 0 Å². The van der Waals surface area contributed by atoms with Gasteiger partial charge in [0.15, 0.2) is 5.96 Å². The summed E-state index contributed by atoms with van der Waals surface area (Å²) in [6, 6.07) is 0. The van der Waals surface area contributed by atoms with Crippen molar-refractivity contribution in [3.05, 3.63) is 12.2 Å². The highest BCUT2D eigenvalue weighted by molar-refractivity contribution is 6.06. The number of amides is 2. The van der Waals surface area contributed by atoms with Crippen LogP contribution in [0.5, 0.6) is 0 Å². The van der Waals surface area contributed by atoms with Crippen LogP contribution in [0.1, 0.15) is 40.0 Å². The number of guanidine groups is 1. The van der Waals surface area contributed by atoms with Crippen LogP contribution in [-0.4, -0.2) is 48.9 Å². The van der Waals surface area contributed by atoms with Gasteiger partial charge in [-0.1, -0.05) is 38.8 Å². The molecule has 1 heterocycles. The normalized spacial score (nSPS) is 29.8. The van der Waals surface area contributed by atoms with Crippen molar-refractivity contribution < 1.29 is 9.59 Å². The molecule has 2 aliphatic carbocycles. The highest BCUT2D eigenvalue weighted by Crippen LogP contribution is 2.52. The minimum Gasteiger partial charge on any atom is -0.357 e. The number of aliphatic imine (C=N–C) groups is 1. The summed E-state index contributed by atoms with van der Waals surface area (Å²) in [4.78, 5) is 31.5. The van der Waals surface area contributed by atoms with Crippen LogP contribution in [0.4, 0.5) is 0 Å². The summed E-state index contributed by atoms with van der Waals surface area (Å²) in [6.07, 6.45) is 7.48. The van der Waals surface area contributed by atoms with Crippen LogP contribution >= 0.6 is 0 Å². The molecule has 1 saturated carbocycles. The van der Waals surface area contributed by atoms with Crippen LogP contribution in [0.2, 0.25) is 0 Å². The van der Waals surface area contributed by atoms with Gasteiger partial charge >= 0.3 is 0 Å². The van der Waals surface area contributed by atoms with Crippen molar-refractivity contribution >= 4 is 17.8 Å². The van der Waals surface area contributed by atoms with Crippen molar-refractivity contribution in [2.24, 2.45) is 34.6 Å². The number of fused-ring (bicyclic) bond motifs is 5. The number of carbonyl (C=O) groups is 2. The molecule has 0 aromatic heterocycles. The van der Waals surface area contributed by atoms with E-state index in [0.717, 1.165) is 38.3 Å². The van der Waals surface area contributed by atoms with Crippen LogP contribution in [0.15, 0.2) is 17.1 Å². The van der Waals surface area contributed by atoms with E-state index in [2.05, 4.69) is 41.6 Å². The van der Waals surface area contributed by atoms with E-state index in [1.54, 1.807) is 0 Å². The van der Waals surface area contributed by atoms with E-state index in [9.17, 15) is 9.59 Å². The molecule has 0 radical (unpaired) electrons. The summed E-state index contributed by atoms with van der Waals surface area (Å²) in [5.41, 5.74) is 0. The quantitative estimate of drug-likeness (QED) is 0.300. The van der Waals surface area contributed by atoms with Crippen LogP contribution in [0.3, 0.4) is 0 Å². The lowest BCUT2D eigenvalue weighted by atomic mass is 9.85. The molecule has 3 rings (SSSR count). The van der Waals surface area contributed by atoms with Crippen LogP contribution in [0, 0.1) is 29.6 Å². The number of nitrogens with zero attached hydrogens (tertiary/aromatic N) is 2. The highest BCUT2D eigenvalue weighted by atomic mass is 16.2. The Morgan fingerprint density at radius 3 is 2.27 bits per heavy atom. The molecule has 4 atom stereocenters. The molecule has 0 aromatic carbocycles. The molecule has 26 heavy (non-hydrogen) atoms. The molecule has 2 amide bonds. The second-order valence-corrected chi connectivity index (χ2v) is 7.66. The average molecular weight is 361 g/mol. The minimum absolute atomic E-state index is 0.0256. The maximum Gasteiger partial charge on any atom is 0.233 e. The van der Waals surface area contributed by atoms with Gasteiger partial charge in [-0.25, -0.2) is 0 Å². The molecular formula is C20H32N4O2. The third kappa shape index (κ3) is 3.51. The summed E-state index contributed by atoms with van der Waals surface area (Å²) in [7, 11) is 0. The predicted molar refractivity (Wildman–Crippen MR) is 102 cm³/mol. The first-order valence-corrected chi connectivity index (χ1v) is 10.2. The van der Waals surface area contributed by atoms with Crippen molar-refractivity contribution in [3.8, 4) is 0 Å². The third-order valence-corrected chi connectivity index (χ3v) is 6.20. The topological polar surface area (TPSA) is 73.8 Å². The molecule has 4 unspecified atom stereocenters. The van der Waals surface area contributed by atoms with E-state index < -0.39 is 0 Å². The molecule has 6 nitrogen and oxygen atoms in total. The molecule has 3 aliphatic rings. The molecule has 1 saturated heterocycles. The van der Waals surface area contributed by atoms with Crippen molar-refractivity contribution in [2.75, 3.05) is 26.2 Å². The smallest absolute Gasteiger partial charge is 0.233 e. The minimum atomic E-state index is -0.103. The first kappa shape index (κ1) is 18.9. The molecule has 2 bridgehead atoms. The monoisotopic (exact) mass is 360 g/mol. The van der Waals surface area contributed by atoms with Crippen molar-refractivity contribution in [1.29, 1.82) is 0 Å². The van der Waals surface area contributed by atoms with Gasteiger partial charge in [-0.2, -0.15) is 0 Å². The van der Waals surface area contributed by atoms with Gasteiger partial charge in [0.05, 0.1) is 11.8 Å². The molecule has 144 valence electrons. The number of nitrogens with one attached hydrogen (secondary N) is 2. The van der Waals surface area contributed by atoms with E-state index in [1.807, 2.05) is 6.92 Å². The number of imide groups is 1. The SMILES string of the molecule is CCNC(=NCC(CC)CC)NCCN1C(=O)C2C3C=CC(C3)C2C1=O. The van der Waals surface area contributed by atoms with Gasteiger partial charge in [0.2, 0.25) is 11.8 Å². The second-order valence-electron chi connectivity index (χ2n) is 7.66. The van der Waals surface area contributed by atoms with Gasteiger partial charge in [0.1, 0.15) is 0 Å². The Balaban J connectivity index is 1.53. The second kappa shape index (κ2) is 8.23. The Morgan fingerprint density at radius 2 is 1.73 bits per heavy atom. The molecule has 0 aromatic rings. The van der Waals surface area contributed by atoms with Gasteiger partial charge in [0, 0.05) is 26.2 Å². The van der Waals surface area contributed by atoms with E-state index in [0.29, 0.717) is 19.0 Å². The largest absolute Gasteiger partial charge is 0.357 e. The molecule has 0 spiro atoms. The van der Waals surface area contributed by atoms with E-state index in [1.165, 1.54) is 4.90 Å². The zero-order chi connectivity index (χ0) is 18.7. The standard InChI is InChI=1S/C20H32N4O2/c1-4-13(5-2)12-23-20(21-6-3)22-9-10-24-18(25)16-14-7-8-15(11-14)17(16)19(24)26/h7-8,13-17H,4-6,9-12H2,1-3H3,(H2,21,22,23). The fourth-order valence-corrected chi connectivity index (χ4v) is 4.58. The maximum absolute atomic E-state index is 12.7. The van der Waals surface area contributed by atoms with Crippen molar-refractivity contribution in [3.63, 3.8) is 0 Å². The van der Waals surface area contributed by atoms with Crippen molar-refractivity contribution in [1.82, 2.24) is 15.5 Å². The predicted octanol–water partition coefficient (Wildman–Crippen LogP) is 1.78. The van der Waals surface area contributed by atoms with Gasteiger partial charge in [0.25, 0.3) is 0 Å². The molecular weight excluding hydrogens is 328 g/mol. The lowest BCUT2D eigenvalue weighted by molar-refractivity contribution is -0.140. The Labute approximate surface area is 156 Å². The lowest BCUT2D eigenvalue weighted by Crippen LogP contribution is -2.43. The third-order valence-electron chi connectivity index (χ3n) is 6.20. The van der Waals surface area contributed by atoms with Gasteiger partial charge < -0.3 is 10.6 Å². The first-order valence-electron chi connectivity index (χ1n) is 10.2. The van der Waals surface area contributed by atoms with Gasteiger partial charge in [-0.05, 0) is 31.1 Å². The molecule has 2 N–H and O–H groups in total. The fourth-order valence-electron chi connectivity index (χ4n) is 4.58. The zero-order valence-electron chi connectivity index (χ0n) is 16.2. The zero-order valence-corrected chi connectivity index (χ0v) is 16.2. The van der Waals surface area contributed by atoms with Crippen LogP contribution in [-0.2, 0) is 9.59 Å². The fraction of sp³-hybridized carbons (Fsp3) is 0.750. The summed E-state index contributed by atoms with van der Waals surface area (Å²) in [6.45, 7) is 8.94. The van der Waals surface area contributed by atoms with Crippen LogP contribution < -0.4 is 10.6 Å². The lowest BCUT2D eigenvalue weighted by Gasteiger charge is -2.19. The van der Waals surface area contributed by atoms with Crippen molar-refractivity contribution in [2.45, 2.75) is 40.0 Å². The number of likely N-dealkylation sites (tertiary alicyclic amines) is 1. The summed E-state index contributed by atoms with van der Waals surface area (Å²) in [5.74, 6) is 1.75. The summed E-state index contributed by atoms with van der Waals surface area (Å²) in [5, 5.41) is 6.51. The first-order chi connectivity index (χ1) is 12.6. The highest BCUT2D eigenvalue weighted by Gasteiger charge is 2.58. The Kier molecular flexibility index (Phi) is 5.99. The maximum atomic E-state index is 12.7. The molecule has 1 aliphatic heterocycles. The van der Waals surface area contributed by atoms with E-state index in [4.69, 9.17) is 0 Å². The Hall–Kier alpha value is -1.85. The summed E-state index contributed by atoms with van der Waals surface area (Å²) < 4.78 is 0. The van der Waals surface area contributed by atoms with Gasteiger partial charge in [-0.15, -0.1) is 0 Å². The number of allylic oxidation sites excluding steroid dienone is 2. The average Bonchev–Trinajstić information content (AvgIpc) is 3.31. The Morgan fingerprint density at radius 1 is 1.12 bits per heavy atom. The number of carbonyl (C=O) groups excluding carboxylic acids is 2. The number of hydrogen-bond acceptors (Lipinski definition) is 3. The Bertz CT molecular complexity index is 567. The number of hydrogen-bond donors (Lipinski definition) is 2. The van der Waals surface area contributed by atoms with Gasteiger partial charge in [-0.3, -0.25) is 19.5 Å². The number of rotatable bonds is 8.